The van der Waals surface area contributed by atoms with Gasteiger partial charge in [0.05, 0.1) is 11.3 Å². The zero-order valence-electron chi connectivity index (χ0n) is 17.4. The minimum absolute atomic E-state index is 0.0603. The average Bonchev–Trinajstić information content (AvgIpc) is 3.31. The molecule has 1 spiro atoms. The van der Waals surface area contributed by atoms with Gasteiger partial charge >= 0.3 is 6.18 Å². The molecular formula is C24H20F3N3O3. The summed E-state index contributed by atoms with van der Waals surface area (Å²) in [6, 6.07) is 13.9. The Hall–Kier alpha value is -3.46. The van der Waals surface area contributed by atoms with Gasteiger partial charge in [0, 0.05) is 24.0 Å². The number of fused-ring (bicyclic) bond motifs is 1. The highest BCUT2D eigenvalue weighted by atomic mass is 19.4. The first-order chi connectivity index (χ1) is 15.8. The summed E-state index contributed by atoms with van der Waals surface area (Å²) in [6.07, 6.45) is -3.59. The Morgan fingerprint density at radius 2 is 1.82 bits per heavy atom. The van der Waals surface area contributed by atoms with E-state index >= 15 is 0 Å². The molecule has 5 rings (SSSR count). The van der Waals surface area contributed by atoms with Crippen molar-refractivity contribution in [1.29, 1.82) is 0 Å². The molecule has 0 saturated carbocycles. The van der Waals surface area contributed by atoms with Gasteiger partial charge in [-0.1, -0.05) is 30.3 Å². The molecule has 1 saturated heterocycles. The van der Waals surface area contributed by atoms with Gasteiger partial charge in [0.15, 0.2) is 11.6 Å². The van der Waals surface area contributed by atoms with Crippen LogP contribution in [0.25, 0.3) is 11.3 Å². The fourth-order valence-electron chi connectivity index (χ4n) is 4.64. The molecule has 6 nitrogen and oxygen atoms in total. The number of halogens is 3. The minimum atomic E-state index is -4.56. The van der Waals surface area contributed by atoms with Crippen LogP contribution in [0.1, 0.15) is 39.3 Å². The molecule has 1 aromatic heterocycles. The van der Waals surface area contributed by atoms with Crippen LogP contribution in [0.15, 0.2) is 54.6 Å². The van der Waals surface area contributed by atoms with Crippen molar-refractivity contribution in [2.75, 3.05) is 13.1 Å². The zero-order chi connectivity index (χ0) is 23.2. The summed E-state index contributed by atoms with van der Waals surface area (Å²) in [5, 5.41) is 8.95. The largest absolute Gasteiger partial charge is 0.485 e. The van der Waals surface area contributed by atoms with E-state index in [0.717, 1.165) is 6.07 Å². The number of para-hydroxylation sites is 1. The molecule has 1 fully saturated rings. The molecule has 3 heterocycles. The molecule has 1 atom stereocenters. The fourth-order valence-corrected chi connectivity index (χ4v) is 4.64. The number of nitrogens with one attached hydrogen (secondary N) is 2. The maximum Gasteiger partial charge on any atom is 0.432 e. The number of Topliss-reactive ketones (excluding diaryl/α,β-unsaturated/α-hetero) is 2. The lowest BCUT2D eigenvalue weighted by Gasteiger charge is -2.45. The highest BCUT2D eigenvalue weighted by Crippen LogP contribution is 2.43. The van der Waals surface area contributed by atoms with Crippen LogP contribution in [0, 0.1) is 5.92 Å². The topological polar surface area (TPSA) is 84.1 Å². The Morgan fingerprint density at radius 3 is 2.55 bits per heavy atom. The maximum absolute atomic E-state index is 13.7. The number of nitrogens with zero attached hydrogens (tertiary/aromatic N) is 1. The number of ketones is 2. The summed E-state index contributed by atoms with van der Waals surface area (Å²) >= 11 is 0. The van der Waals surface area contributed by atoms with E-state index in [2.05, 4.69) is 10.4 Å². The highest BCUT2D eigenvalue weighted by molar-refractivity contribution is 6.18. The molecule has 2 aliphatic heterocycles. The number of aromatic nitrogens is 2. The van der Waals surface area contributed by atoms with E-state index in [9.17, 15) is 22.8 Å². The van der Waals surface area contributed by atoms with Crippen LogP contribution in [0.4, 0.5) is 13.2 Å². The summed E-state index contributed by atoms with van der Waals surface area (Å²) in [7, 11) is 0. The second-order valence-corrected chi connectivity index (χ2v) is 8.32. The molecule has 2 aliphatic rings. The van der Waals surface area contributed by atoms with Crippen molar-refractivity contribution in [3.63, 3.8) is 0 Å². The molecular weight excluding hydrogens is 435 g/mol. The first-order valence-corrected chi connectivity index (χ1v) is 10.6. The third-order valence-electron chi connectivity index (χ3n) is 6.29. The van der Waals surface area contributed by atoms with E-state index in [1.165, 1.54) is 6.07 Å². The number of ether oxygens (including phenoxy) is 1. The quantitative estimate of drug-likeness (QED) is 0.455. The van der Waals surface area contributed by atoms with E-state index < -0.39 is 29.2 Å². The number of carbonyl (C=O) groups is 2. The molecule has 1 unspecified atom stereocenters. The van der Waals surface area contributed by atoms with Gasteiger partial charge in [-0.05, 0) is 37.4 Å². The number of alkyl halides is 3. The van der Waals surface area contributed by atoms with Gasteiger partial charge in [0.1, 0.15) is 23.0 Å². The van der Waals surface area contributed by atoms with Gasteiger partial charge in [-0.25, -0.2) is 0 Å². The molecule has 9 heteroatoms. The Kier molecular flexibility index (Phi) is 5.08. The average molecular weight is 455 g/mol. The molecule has 0 aliphatic carbocycles. The van der Waals surface area contributed by atoms with Crippen LogP contribution in [0.5, 0.6) is 5.75 Å². The molecule has 170 valence electrons. The summed E-state index contributed by atoms with van der Waals surface area (Å²) < 4.78 is 45.2. The number of rotatable bonds is 3. The normalized spacial score (nSPS) is 19.7. The van der Waals surface area contributed by atoms with E-state index in [1.807, 2.05) is 5.10 Å². The van der Waals surface area contributed by atoms with Crippen molar-refractivity contribution in [3.05, 3.63) is 71.4 Å². The van der Waals surface area contributed by atoms with Crippen molar-refractivity contribution < 1.29 is 27.5 Å². The number of piperidine rings is 1. The summed E-state index contributed by atoms with van der Waals surface area (Å²) in [5.74, 6) is -1.29. The third-order valence-corrected chi connectivity index (χ3v) is 6.29. The van der Waals surface area contributed by atoms with E-state index in [0.29, 0.717) is 42.8 Å². The minimum Gasteiger partial charge on any atom is -0.485 e. The standard InChI is InChI=1S/C24H20F3N3O3/c25-24(26,27)19-13-17(29-30-19)14-4-3-5-15(12-14)21(31)20-22(32)16-6-1-2-7-18(16)33-23(20)8-10-28-11-9-23/h1-7,12-13,20,28H,8-11H2,(H,29,30). The molecule has 3 aromatic rings. The predicted octanol–water partition coefficient (Wildman–Crippen LogP) is 4.29. The SMILES string of the molecule is O=C(c1cccc(-c2cc(C(F)(F)F)[nH]n2)c1)C1C(=O)c2ccccc2OC12CCNCC2. The fraction of sp³-hybridized carbons (Fsp3) is 0.292. The second-order valence-electron chi connectivity index (χ2n) is 8.32. The van der Waals surface area contributed by atoms with Gasteiger partial charge in [0.2, 0.25) is 0 Å². The number of aromatic amines is 1. The molecule has 0 radical (unpaired) electrons. The van der Waals surface area contributed by atoms with Crippen molar-refractivity contribution in [2.45, 2.75) is 24.6 Å². The van der Waals surface area contributed by atoms with Gasteiger partial charge in [-0.3, -0.25) is 14.7 Å². The monoisotopic (exact) mass is 455 g/mol. The zero-order valence-corrected chi connectivity index (χ0v) is 17.4. The van der Waals surface area contributed by atoms with Crippen molar-refractivity contribution in [1.82, 2.24) is 15.5 Å². The lowest BCUT2D eigenvalue weighted by Crippen LogP contribution is -2.58. The van der Waals surface area contributed by atoms with E-state index in [1.54, 1.807) is 42.5 Å². The van der Waals surface area contributed by atoms with Crippen molar-refractivity contribution in [2.24, 2.45) is 5.92 Å². The van der Waals surface area contributed by atoms with Crippen LogP contribution in [-0.2, 0) is 6.18 Å². The Labute approximate surface area is 187 Å². The summed E-state index contributed by atoms with van der Waals surface area (Å²) in [5.41, 5.74) is -0.960. The van der Waals surface area contributed by atoms with E-state index in [4.69, 9.17) is 4.74 Å². The Morgan fingerprint density at radius 1 is 1.06 bits per heavy atom. The highest BCUT2D eigenvalue weighted by Gasteiger charge is 2.53. The van der Waals surface area contributed by atoms with Crippen LogP contribution in [-0.4, -0.2) is 40.5 Å². The summed E-state index contributed by atoms with van der Waals surface area (Å²) in [4.78, 5) is 27.2. The Balaban J connectivity index is 1.53. The number of hydrogen-bond acceptors (Lipinski definition) is 5. The smallest absolute Gasteiger partial charge is 0.432 e. The van der Waals surface area contributed by atoms with Gasteiger partial charge in [-0.2, -0.15) is 18.3 Å². The number of H-pyrrole nitrogens is 1. The molecule has 2 N–H and O–H groups in total. The number of carbonyl (C=O) groups excluding carboxylic acids is 2. The van der Waals surface area contributed by atoms with E-state index in [-0.39, 0.29) is 17.0 Å². The van der Waals surface area contributed by atoms with Gasteiger partial charge in [0.25, 0.3) is 0 Å². The van der Waals surface area contributed by atoms with Crippen molar-refractivity contribution >= 4 is 11.6 Å². The number of benzene rings is 2. The third kappa shape index (κ3) is 3.72. The predicted molar refractivity (Wildman–Crippen MR) is 113 cm³/mol. The maximum atomic E-state index is 13.7. The van der Waals surface area contributed by atoms with Crippen LogP contribution < -0.4 is 10.1 Å². The lowest BCUT2D eigenvalue weighted by molar-refractivity contribution is -0.141. The van der Waals surface area contributed by atoms with Crippen molar-refractivity contribution in [3.8, 4) is 17.0 Å². The molecule has 0 amide bonds. The second kappa shape index (κ2) is 7.84. The molecule has 2 aromatic carbocycles. The molecule has 33 heavy (non-hydrogen) atoms. The molecule has 0 bridgehead atoms. The van der Waals surface area contributed by atoms with Crippen LogP contribution in [0.2, 0.25) is 0 Å². The van der Waals surface area contributed by atoms with Crippen LogP contribution >= 0.6 is 0 Å². The first-order valence-electron chi connectivity index (χ1n) is 10.6. The van der Waals surface area contributed by atoms with Gasteiger partial charge in [-0.15, -0.1) is 0 Å². The first kappa shape index (κ1) is 21.4. The van der Waals surface area contributed by atoms with Crippen LogP contribution in [0.3, 0.4) is 0 Å². The summed E-state index contributed by atoms with van der Waals surface area (Å²) in [6.45, 7) is 1.21. The Bertz CT molecular complexity index is 1230. The van der Waals surface area contributed by atoms with Gasteiger partial charge < -0.3 is 10.1 Å². The number of hydrogen-bond donors (Lipinski definition) is 2. The lowest BCUT2D eigenvalue weighted by atomic mass is 9.70.